The van der Waals surface area contributed by atoms with Gasteiger partial charge >= 0.3 is 0 Å². The quantitative estimate of drug-likeness (QED) is 0.774. The van der Waals surface area contributed by atoms with Crippen molar-refractivity contribution in [1.82, 2.24) is 10.2 Å². The first-order valence-electron chi connectivity index (χ1n) is 6.73. The summed E-state index contributed by atoms with van der Waals surface area (Å²) in [6.45, 7) is 6.21. The fourth-order valence-electron chi connectivity index (χ4n) is 2.56. The second kappa shape index (κ2) is 4.74. The van der Waals surface area contributed by atoms with Gasteiger partial charge in [-0.05, 0) is 45.6 Å². The average molecular weight is 224 g/mol. The third-order valence-electron chi connectivity index (χ3n) is 3.84. The van der Waals surface area contributed by atoms with Gasteiger partial charge in [-0.25, -0.2) is 0 Å². The first kappa shape index (κ1) is 11.9. The molecule has 1 N–H and O–H groups in total. The molecule has 0 radical (unpaired) electrons. The minimum absolute atomic E-state index is 0.268. The molecule has 0 aromatic heterocycles. The van der Waals surface area contributed by atoms with Gasteiger partial charge in [-0.1, -0.05) is 13.3 Å². The van der Waals surface area contributed by atoms with Gasteiger partial charge in [0.2, 0.25) is 5.91 Å². The topological polar surface area (TPSA) is 32.3 Å². The molecule has 2 aliphatic rings. The molecular weight excluding hydrogens is 200 g/mol. The lowest BCUT2D eigenvalue weighted by Crippen LogP contribution is -2.53. The molecule has 1 saturated heterocycles. The van der Waals surface area contributed by atoms with Crippen molar-refractivity contribution < 1.29 is 4.79 Å². The zero-order chi connectivity index (χ0) is 11.6. The number of carbonyl (C=O) groups excluding carboxylic acids is 1. The van der Waals surface area contributed by atoms with Crippen molar-refractivity contribution in [3.05, 3.63) is 0 Å². The number of hydrogen-bond donors (Lipinski definition) is 1. The van der Waals surface area contributed by atoms with Crippen molar-refractivity contribution in [2.24, 2.45) is 0 Å². The van der Waals surface area contributed by atoms with E-state index in [0.29, 0.717) is 11.9 Å². The number of nitrogens with zero attached hydrogens (tertiary/aromatic N) is 1. The fraction of sp³-hybridized carbons (Fsp3) is 0.923. The van der Waals surface area contributed by atoms with Gasteiger partial charge in [0.05, 0.1) is 5.54 Å². The van der Waals surface area contributed by atoms with Gasteiger partial charge in [-0.3, -0.25) is 4.79 Å². The summed E-state index contributed by atoms with van der Waals surface area (Å²) in [4.78, 5) is 14.7. The molecule has 3 nitrogen and oxygen atoms in total. The monoisotopic (exact) mass is 224 g/mol. The molecule has 0 bridgehead atoms. The van der Waals surface area contributed by atoms with Gasteiger partial charge in [-0.2, -0.15) is 0 Å². The summed E-state index contributed by atoms with van der Waals surface area (Å²) in [6.07, 6.45) is 6.87. The molecule has 0 spiro atoms. The summed E-state index contributed by atoms with van der Waals surface area (Å²) >= 11 is 0. The summed E-state index contributed by atoms with van der Waals surface area (Å²) in [6, 6.07) is 0.554. The number of amides is 1. The van der Waals surface area contributed by atoms with Crippen LogP contribution in [-0.2, 0) is 4.79 Å². The summed E-state index contributed by atoms with van der Waals surface area (Å²) in [5, 5.41) is 3.38. The number of carbonyl (C=O) groups is 1. The lowest BCUT2D eigenvalue weighted by Gasteiger charge is -2.32. The van der Waals surface area contributed by atoms with E-state index in [2.05, 4.69) is 24.1 Å². The molecule has 1 heterocycles. The van der Waals surface area contributed by atoms with Crippen LogP contribution in [0.3, 0.4) is 0 Å². The van der Waals surface area contributed by atoms with Gasteiger partial charge in [0.25, 0.3) is 0 Å². The van der Waals surface area contributed by atoms with E-state index >= 15 is 0 Å². The summed E-state index contributed by atoms with van der Waals surface area (Å²) in [5.74, 6) is 0.348. The minimum Gasteiger partial charge on any atom is -0.338 e. The standard InChI is InChI=1S/C13H24N2O/c1-3-4-10-15(11-6-7-11)12(16)13(2)8-5-9-14-13/h11,14H,3-10H2,1-2H3. The Kier molecular flexibility index (Phi) is 3.53. The maximum atomic E-state index is 12.5. The molecule has 3 heteroatoms. The van der Waals surface area contributed by atoms with Crippen LogP contribution in [0.1, 0.15) is 52.4 Å². The molecule has 1 aliphatic heterocycles. The van der Waals surface area contributed by atoms with Crippen molar-refractivity contribution in [1.29, 1.82) is 0 Å². The Morgan fingerprint density at radius 1 is 1.50 bits per heavy atom. The summed E-state index contributed by atoms with van der Waals surface area (Å²) in [7, 11) is 0. The van der Waals surface area contributed by atoms with E-state index in [-0.39, 0.29) is 5.54 Å². The van der Waals surface area contributed by atoms with E-state index < -0.39 is 0 Å². The van der Waals surface area contributed by atoms with Gasteiger partial charge < -0.3 is 10.2 Å². The molecule has 16 heavy (non-hydrogen) atoms. The fourth-order valence-corrected chi connectivity index (χ4v) is 2.56. The molecule has 0 aromatic carbocycles. The van der Waals surface area contributed by atoms with Gasteiger partial charge in [0.15, 0.2) is 0 Å². The molecule has 1 amide bonds. The van der Waals surface area contributed by atoms with Gasteiger partial charge in [0.1, 0.15) is 0 Å². The molecular formula is C13H24N2O. The molecule has 1 saturated carbocycles. The largest absolute Gasteiger partial charge is 0.338 e. The van der Waals surface area contributed by atoms with Gasteiger partial charge in [0, 0.05) is 12.6 Å². The van der Waals surface area contributed by atoms with Crippen LogP contribution in [0.25, 0.3) is 0 Å². The Morgan fingerprint density at radius 2 is 2.25 bits per heavy atom. The van der Waals surface area contributed by atoms with E-state index in [1.165, 1.54) is 19.3 Å². The van der Waals surface area contributed by atoms with Crippen LogP contribution in [0, 0.1) is 0 Å². The molecule has 1 unspecified atom stereocenters. The van der Waals surface area contributed by atoms with Crippen LogP contribution < -0.4 is 5.32 Å². The SMILES string of the molecule is CCCCN(C(=O)C1(C)CCCN1)C1CC1. The maximum Gasteiger partial charge on any atom is 0.242 e. The van der Waals surface area contributed by atoms with E-state index in [4.69, 9.17) is 0 Å². The first-order chi connectivity index (χ1) is 7.67. The van der Waals surface area contributed by atoms with E-state index in [9.17, 15) is 4.79 Å². The smallest absolute Gasteiger partial charge is 0.242 e. The molecule has 2 rings (SSSR count). The predicted molar refractivity (Wildman–Crippen MR) is 65.3 cm³/mol. The van der Waals surface area contributed by atoms with Crippen LogP contribution in [0.2, 0.25) is 0 Å². The van der Waals surface area contributed by atoms with Crippen LogP contribution in [0.4, 0.5) is 0 Å². The molecule has 1 atom stereocenters. The minimum atomic E-state index is -0.268. The van der Waals surface area contributed by atoms with E-state index in [0.717, 1.165) is 32.4 Å². The molecule has 0 aromatic rings. The molecule has 1 aliphatic carbocycles. The predicted octanol–water partition coefficient (Wildman–Crippen LogP) is 1.92. The van der Waals surface area contributed by atoms with Gasteiger partial charge in [-0.15, -0.1) is 0 Å². The van der Waals surface area contributed by atoms with Crippen molar-refractivity contribution in [2.45, 2.75) is 64.0 Å². The molecule has 2 fully saturated rings. The van der Waals surface area contributed by atoms with Crippen LogP contribution in [-0.4, -0.2) is 35.5 Å². The summed E-state index contributed by atoms with van der Waals surface area (Å²) < 4.78 is 0. The zero-order valence-corrected chi connectivity index (χ0v) is 10.6. The third-order valence-corrected chi connectivity index (χ3v) is 3.84. The number of unbranched alkanes of at least 4 members (excludes halogenated alkanes) is 1. The third kappa shape index (κ3) is 2.40. The summed E-state index contributed by atoms with van der Waals surface area (Å²) in [5.41, 5.74) is -0.268. The maximum absolute atomic E-state index is 12.5. The van der Waals surface area contributed by atoms with E-state index in [1.807, 2.05) is 0 Å². The number of nitrogens with one attached hydrogen (secondary N) is 1. The normalized spacial score (nSPS) is 29.4. The highest BCUT2D eigenvalue weighted by molar-refractivity contribution is 5.86. The highest BCUT2D eigenvalue weighted by Crippen LogP contribution is 2.31. The number of rotatable bonds is 5. The van der Waals surface area contributed by atoms with Crippen LogP contribution in [0.15, 0.2) is 0 Å². The van der Waals surface area contributed by atoms with E-state index in [1.54, 1.807) is 0 Å². The molecule has 92 valence electrons. The Morgan fingerprint density at radius 3 is 2.75 bits per heavy atom. The van der Waals surface area contributed by atoms with Crippen molar-refractivity contribution in [2.75, 3.05) is 13.1 Å². The highest BCUT2D eigenvalue weighted by Gasteiger charge is 2.43. The second-order valence-corrected chi connectivity index (χ2v) is 5.45. The van der Waals surface area contributed by atoms with Crippen molar-refractivity contribution in [3.63, 3.8) is 0 Å². The van der Waals surface area contributed by atoms with Crippen LogP contribution >= 0.6 is 0 Å². The average Bonchev–Trinajstić information content (AvgIpc) is 3.01. The second-order valence-electron chi connectivity index (χ2n) is 5.45. The Balaban J connectivity index is 1.98. The van der Waals surface area contributed by atoms with Crippen molar-refractivity contribution >= 4 is 5.91 Å². The lowest BCUT2D eigenvalue weighted by molar-refractivity contribution is -0.137. The highest BCUT2D eigenvalue weighted by atomic mass is 16.2. The zero-order valence-electron chi connectivity index (χ0n) is 10.6. The lowest BCUT2D eigenvalue weighted by atomic mass is 9.98. The number of hydrogen-bond acceptors (Lipinski definition) is 2. The first-order valence-corrected chi connectivity index (χ1v) is 6.73. The Bertz CT molecular complexity index is 255. The van der Waals surface area contributed by atoms with Crippen LogP contribution in [0.5, 0.6) is 0 Å². The Hall–Kier alpha value is -0.570. The van der Waals surface area contributed by atoms with Crippen molar-refractivity contribution in [3.8, 4) is 0 Å². The Labute approximate surface area is 98.6 Å².